The van der Waals surface area contributed by atoms with Crippen LogP contribution in [0.5, 0.6) is 5.75 Å². The molecule has 1 spiro atoms. The molecular weight excluding hydrogens is 618 g/mol. The van der Waals surface area contributed by atoms with E-state index in [-0.39, 0.29) is 37.1 Å². The molecule has 1 saturated heterocycles. The van der Waals surface area contributed by atoms with Gasteiger partial charge in [0, 0.05) is 38.6 Å². The quantitative estimate of drug-likeness (QED) is 0.337. The highest BCUT2D eigenvalue weighted by Crippen LogP contribution is 2.55. The van der Waals surface area contributed by atoms with Crippen molar-refractivity contribution >= 4 is 23.6 Å². The zero-order valence-corrected chi connectivity index (χ0v) is 28.9. The molecule has 2 aliphatic carbocycles. The molecule has 1 unspecified atom stereocenters. The van der Waals surface area contributed by atoms with Gasteiger partial charge in [-0.3, -0.25) is 19.2 Å². The molecule has 4 bridgehead atoms. The maximum absolute atomic E-state index is 14.0. The van der Waals surface area contributed by atoms with E-state index in [1.165, 1.54) is 32.1 Å². The lowest BCUT2D eigenvalue weighted by molar-refractivity contribution is -0.138. The second kappa shape index (κ2) is 16.2. The average Bonchev–Trinajstić information content (AvgIpc) is 3.06. The second-order valence-electron chi connectivity index (χ2n) is 14.9. The van der Waals surface area contributed by atoms with E-state index in [9.17, 15) is 19.2 Å². The Bertz CT molecular complexity index is 1470. The van der Waals surface area contributed by atoms with Gasteiger partial charge >= 0.3 is 0 Å². The lowest BCUT2D eigenvalue weighted by Gasteiger charge is -2.54. The van der Waals surface area contributed by atoms with E-state index in [1.807, 2.05) is 60.4 Å². The number of hydrogen-bond acceptors (Lipinski definition) is 6. The molecule has 6 rings (SSSR count). The van der Waals surface area contributed by atoms with Crippen molar-refractivity contribution < 1.29 is 23.9 Å². The first-order valence-electron chi connectivity index (χ1n) is 18.4. The number of piperidine rings is 1. The molecule has 0 radical (unpaired) electrons. The van der Waals surface area contributed by atoms with Crippen molar-refractivity contribution in [2.45, 2.75) is 109 Å². The lowest BCUT2D eigenvalue weighted by Crippen LogP contribution is -2.56. The third kappa shape index (κ3) is 9.41. The van der Waals surface area contributed by atoms with E-state index >= 15 is 0 Å². The largest absolute Gasteiger partial charge is 0.494 e. The van der Waals surface area contributed by atoms with E-state index in [2.05, 4.69) is 21.3 Å². The predicted octanol–water partition coefficient (Wildman–Crippen LogP) is 3.94. The molecule has 49 heavy (non-hydrogen) atoms. The highest BCUT2D eigenvalue weighted by atomic mass is 16.5. The van der Waals surface area contributed by atoms with Crippen LogP contribution in [0.4, 0.5) is 0 Å². The number of benzene rings is 2. The van der Waals surface area contributed by atoms with Gasteiger partial charge in [0.2, 0.25) is 23.6 Å². The summed E-state index contributed by atoms with van der Waals surface area (Å²) in [4.78, 5) is 56.4. The molecule has 2 aliphatic heterocycles. The van der Waals surface area contributed by atoms with Crippen LogP contribution >= 0.6 is 0 Å². The number of nitrogens with zero attached hydrogens (tertiary/aromatic N) is 1. The topological polar surface area (TPSA) is 129 Å². The number of ether oxygens (including phenoxy) is 1. The van der Waals surface area contributed by atoms with Crippen LogP contribution in [0.3, 0.4) is 0 Å². The van der Waals surface area contributed by atoms with E-state index < -0.39 is 18.0 Å². The standard InChI is InChI=1S/C39H53N5O5/c1-27-10-12-32-21-30(27)25-41-37(47)33(13-11-28-7-3-2-4-8-28)43-38(48)34(22-36(46)44-19-5-9-29(26-44)15-20-49-32)42-35(45)14-18-40-31-23-39(24-31)16-6-17-39/h2-4,7-8,10,12,21,29,31,33-34,40H,5-6,9,11,13-20,22-26H2,1H3,(H,41,47)(H,42,45)(H,43,48)/t29?,33-,34-/m0/s1. The third-order valence-electron chi connectivity index (χ3n) is 11.2. The number of amides is 4. The molecule has 4 amide bonds. The maximum atomic E-state index is 14.0. The van der Waals surface area contributed by atoms with Gasteiger partial charge in [0.05, 0.1) is 13.0 Å². The van der Waals surface area contributed by atoms with Gasteiger partial charge in [-0.15, -0.1) is 0 Å². The SMILES string of the molecule is Cc1ccc2cc1CNC(=O)[C@H](CCc1ccccc1)NC(=O)[C@@H](NC(=O)CCNC1CC3(CCC3)C1)CC(=O)N1CCCC(CCO2)C1. The van der Waals surface area contributed by atoms with Crippen LogP contribution in [0.1, 0.15) is 87.3 Å². The zero-order valence-electron chi connectivity index (χ0n) is 28.9. The minimum atomic E-state index is -1.09. The third-order valence-corrected chi connectivity index (χ3v) is 11.2. The van der Waals surface area contributed by atoms with Crippen molar-refractivity contribution in [1.29, 1.82) is 0 Å². The van der Waals surface area contributed by atoms with Crippen molar-refractivity contribution in [2.75, 3.05) is 26.2 Å². The highest BCUT2D eigenvalue weighted by molar-refractivity contribution is 5.95. The first-order valence-corrected chi connectivity index (χ1v) is 18.4. The molecule has 10 nitrogen and oxygen atoms in total. The fourth-order valence-corrected chi connectivity index (χ4v) is 7.99. The Morgan fingerprint density at radius 2 is 1.84 bits per heavy atom. The van der Waals surface area contributed by atoms with Gasteiger partial charge in [-0.2, -0.15) is 0 Å². The zero-order chi connectivity index (χ0) is 34.2. The van der Waals surface area contributed by atoms with Gasteiger partial charge in [0.15, 0.2) is 0 Å². The summed E-state index contributed by atoms with van der Waals surface area (Å²) in [7, 11) is 0. The Morgan fingerprint density at radius 3 is 2.61 bits per heavy atom. The summed E-state index contributed by atoms with van der Waals surface area (Å²) < 4.78 is 6.13. The van der Waals surface area contributed by atoms with Gasteiger partial charge in [0.25, 0.3) is 0 Å². The summed E-state index contributed by atoms with van der Waals surface area (Å²) in [5.41, 5.74) is 3.57. The van der Waals surface area contributed by atoms with Crippen LogP contribution in [0, 0.1) is 18.3 Å². The van der Waals surface area contributed by atoms with Crippen LogP contribution in [0.25, 0.3) is 0 Å². The summed E-state index contributed by atoms with van der Waals surface area (Å²) in [6.45, 7) is 4.55. The summed E-state index contributed by atoms with van der Waals surface area (Å²) >= 11 is 0. The minimum Gasteiger partial charge on any atom is -0.494 e. The van der Waals surface area contributed by atoms with Crippen LogP contribution in [0.2, 0.25) is 0 Å². The predicted molar refractivity (Wildman–Crippen MR) is 188 cm³/mol. The molecule has 2 heterocycles. The fraction of sp³-hybridized carbons (Fsp3) is 0.590. The number of carbonyl (C=O) groups excluding carboxylic acids is 4. The molecular formula is C39H53N5O5. The Morgan fingerprint density at radius 1 is 1.02 bits per heavy atom. The van der Waals surface area contributed by atoms with Crippen molar-refractivity contribution in [3.05, 3.63) is 65.2 Å². The molecule has 4 aliphatic rings. The average molecular weight is 672 g/mol. The van der Waals surface area contributed by atoms with Gasteiger partial charge in [0.1, 0.15) is 17.8 Å². The molecule has 0 aromatic heterocycles. The number of rotatable bonds is 8. The maximum Gasteiger partial charge on any atom is 0.243 e. The van der Waals surface area contributed by atoms with Crippen molar-refractivity contribution in [1.82, 2.24) is 26.2 Å². The molecule has 10 heteroatoms. The number of hydrogen-bond donors (Lipinski definition) is 4. The Kier molecular flexibility index (Phi) is 11.5. The Balaban J connectivity index is 1.17. The monoisotopic (exact) mass is 671 g/mol. The van der Waals surface area contributed by atoms with Crippen molar-refractivity contribution in [3.8, 4) is 5.75 Å². The molecule has 3 fully saturated rings. The highest BCUT2D eigenvalue weighted by Gasteiger charge is 2.47. The van der Waals surface area contributed by atoms with E-state index in [0.717, 1.165) is 41.7 Å². The molecule has 2 aromatic carbocycles. The summed E-state index contributed by atoms with van der Waals surface area (Å²) in [6.07, 6.45) is 10.00. The van der Waals surface area contributed by atoms with Gasteiger partial charge < -0.3 is 30.9 Å². The lowest BCUT2D eigenvalue weighted by atomic mass is 9.54. The first kappa shape index (κ1) is 34.9. The van der Waals surface area contributed by atoms with Crippen LogP contribution in [0.15, 0.2) is 48.5 Å². The molecule has 2 saturated carbocycles. The number of nitrogens with one attached hydrogen (secondary N) is 4. The van der Waals surface area contributed by atoms with Gasteiger partial charge in [-0.1, -0.05) is 42.8 Å². The van der Waals surface area contributed by atoms with Crippen molar-refractivity contribution in [2.24, 2.45) is 11.3 Å². The summed E-state index contributed by atoms with van der Waals surface area (Å²) in [5, 5.41) is 12.3. The Hall–Kier alpha value is -3.92. The number of fused-ring (bicyclic) bond motifs is 4. The number of aryl methyl sites for hydroxylation is 2. The summed E-state index contributed by atoms with van der Waals surface area (Å²) in [6, 6.07) is 14.2. The second-order valence-corrected chi connectivity index (χ2v) is 14.9. The minimum absolute atomic E-state index is 0.157. The summed E-state index contributed by atoms with van der Waals surface area (Å²) in [5.74, 6) is -0.247. The number of carbonyl (C=O) groups is 4. The molecule has 3 atom stereocenters. The van der Waals surface area contributed by atoms with Crippen LogP contribution in [-0.4, -0.2) is 72.9 Å². The van der Waals surface area contributed by atoms with Gasteiger partial charge in [-0.05, 0) is 105 Å². The first-order chi connectivity index (χ1) is 23.7. The normalized spacial score (nSPS) is 24.7. The van der Waals surface area contributed by atoms with Crippen LogP contribution in [-0.2, 0) is 32.1 Å². The van der Waals surface area contributed by atoms with E-state index in [1.54, 1.807) is 0 Å². The van der Waals surface area contributed by atoms with E-state index in [0.29, 0.717) is 56.5 Å². The fourth-order valence-electron chi connectivity index (χ4n) is 7.99. The molecule has 4 N–H and O–H groups in total. The van der Waals surface area contributed by atoms with Crippen molar-refractivity contribution in [3.63, 3.8) is 0 Å². The van der Waals surface area contributed by atoms with E-state index in [4.69, 9.17) is 4.74 Å². The van der Waals surface area contributed by atoms with Crippen LogP contribution < -0.4 is 26.0 Å². The Labute approximate surface area is 290 Å². The molecule has 264 valence electrons. The molecule has 2 aromatic rings. The van der Waals surface area contributed by atoms with Gasteiger partial charge in [-0.25, -0.2) is 0 Å². The smallest absolute Gasteiger partial charge is 0.243 e.